The van der Waals surface area contributed by atoms with Crippen molar-refractivity contribution in [3.63, 3.8) is 0 Å². The van der Waals surface area contributed by atoms with Crippen LogP contribution in [0.2, 0.25) is 0 Å². The van der Waals surface area contributed by atoms with Gasteiger partial charge in [-0.15, -0.1) is 0 Å². The Morgan fingerprint density at radius 3 is 1.56 bits per heavy atom. The van der Waals surface area contributed by atoms with Gasteiger partial charge in [0.05, 0.1) is 8.22 Å². The van der Waals surface area contributed by atoms with Crippen LogP contribution in [0.4, 0.5) is 0 Å². The van der Waals surface area contributed by atoms with Crippen LogP contribution in [0.5, 0.6) is 0 Å². The van der Waals surface area contributed by atoms with Crippen molar-refractivity contribution in [1.82, 2.24) is 0 Å². The topological polar surface area (TPSA) is 13.1 Å². The molecule has 1 heterocycles. The smallest absolute Gasteiger partial charge is 0.136 e. The second kappa shape index (κ2) is 10.4. The van der Waals surface area contributed by atoms with Crippen molar-refractivity contribution >= 4 is 43.5 Å². The molecule has 9 rings (SSSR count). The number of benzene rings is 8. The van der Waals surface area contributed by atoms with Crippen LogP contribution in [0.25, 0.3) is 88.0 Å². The van der Waals surface area contributed by atoms with E-state index in [0.29, 0.717) is 22.1 Å². The molecule has 0 aliphatic carbocycles. The molecule has 1 nitrogen and oxygen atoms in total. The van der Waals surface area contributed by atoms with E-state index in [1.54, 1.807) is 0 Å². The van der Waals surface area contributed by atoms with E-state index in [-0.39, 0.29) is 58.4 Å². The fraction of sp³-hybridized carbons (Fsp3) is 0. The highest BCUT2D eigenvalue weighted by atomic mass is 16.3. The molecule has 210 valence electrons. The molecular formula is C44H28O. The summed E-state index contributed by atoms with van der Waals surface area (Å²) in [7, 11) is 0. The van der Waals surface area contributed by atoms with Crippen LogP contribution in [0.15, 0.2) is 174 Å². The van der Waals surface area contributed by atoms with Crippen molar-refractivity contribution in [1.29, 1.82) is 0 Å². The van der Waals surface area contributed by atoms with E-state index in [9.17, 15) is 4.11 Å². The van der Waals surface area contributed by atoms with Gasteiger partial charge in [-0.05, 0) is 84.2 Å². The third-order valence-corrected chi connectivity index (χ3v) is 8.60. The Bertz CT molecular complexity index is 2800. The van der Waals surface area contributed by atoms with Gasteiger partial charge in [0.2, 0.25) is 0 Å². The molecule has 0 fully saturated rings. The van der Waals surface area contributed by atoms with Crippen molar-refractivity contribution < 1.29 is 12.6 Å². The van der Waals surface area contributed by atoms with Gasteiger partial charge in [0.1, 0.15) is 11.2 Å². The van der Waals surface area contributed by atoms with E-state index in [1.807, 2.05) is 97.1 Å². The highest BCUT2D eigenvalue weighted by Gasteiger charge is 2.20. The van der Waals surface area contributed by atoms with Gasteiger partial charge in [0.25, 0.3) is 0 Å². The summed E-state index contributed by atoms with van der Waals surface area (Å²) < 4.78 is 61.0. The van der Waals surface area contributed by atoms with Crippen LogP contribution in [-0.4, -0.2) is 0 Å². The van der Waals surface area contributed by atoms with Crippen LogP contribution >= 0.6 is 0 Å². The maximum absolute atomic E-state index is 9.85. The lowest BCUT2D eigenvalue weighted by molar-refractivity contribution is 0.669. The quantitative estimate of drug-likeness (QED) is 0.189. The second-order valence-corrected chi connectivity index (χ2v) is 11.1. The Morgan fingerprint density at radius 2 is 0.911 bits per heavy atom. The number of furan rings is 1. The van der Waals surface area contributed by atoms with Gasteiger partial charge in [0, 0.05) is 10.8 Å². The Kier molecular flexibility index (Phi) is 4.63. The molecule has 0 saturated heterocycles. The highest BCUT2D eigenvalue weighted by molar-refractivity contribution is 6.23. The van der Waals surface area contributed by atoms with Crippen LogP contribution in [-0.2, 0) is 0 Å². The molecule has 8 aromatic carbocycles. The summed E-state index contributed by atoms with van der Waals surface area (Å²) >= 11 is 0. The monoisotopic (exact) mass is 578 g/mol. The van der Waals surface area contributed by atoms with Crippen molar-refractivity contribution in [2.24, 2.45) is 0 Å². The zero-order valence-corrected chi connectivity index (χ0v) is 24.1. The molecule has 0 atom stereocenters. The first-order valence-corrected chi connectivity index (χ1v) is 15.0. The Morgan fingerprint density at radius 1 is 0.378 bits per heavy atom. The lowest BCUT2D eigenvalue weighted by atomic mass is 9.83. The maximum atomic E-state index is 9.85. The van der Waals surface area contributed by atoms with Crippen LogP contribution in [0, 0.1) is 0 Å². The maximum Gasteiger partial charge on any atom is 0.136 e. The van der Waals surface area contributed by atoms with E-state index in [2.05, 4.69) is 36.4 Å². The van der Waals surface area contributed by atoms with E-state index in [1.165, 1.54) is 0 Å². The summed E-state index contributed by atoms with van der Waals surface area (Å²) in [6, 6.07) is 42.8. The lowest BCUT2D eigenvalue weighted by Crippen LogP contribution is -1.92. The van der Waals surface area contributed by atoms with Crippen molar-refractivity contribution in [3.05, 3.63) is 170 Å². The number of fused-ring (bicyclic) bond motifs is 5. The molecular weight excluding hydrogens is 544 g/mol. The van der Waals surface area contributed by atoms with Crippen molar-refractivity contribution in [3.8, 4) is 44.5 Å². The fourth-order valence-electron chi connectivity index (χ4n) is 6.66. The summed E-state index contributed by atoms with van der Waals surface area (Å²) in [5, 5.41) is 4.16. The number of hydrogen-bond donors (Lipinski definition) is 0. The Balaban J connectivity index is 1.45. The minimum Gasteiger partial charge on any atom is -0.456 e. The third-order valence-electron chi connectivity index (χ3n) is 8.60. The van der Waals surface area contributed by atoms with Gasteiger partial charge < -0.3 is 4.42 Å². The minimum absolute atomic E-state index is 0.00134. The van der Waals surface area contributed by atoms with Gasteiger partial charge in [-0.1, -0.05) is 152 Å². The third kappa shape index (κ3) is 4.09. The molecule has 0 bridgehead atoms. The van der Waals surface area contributed by atoms with Crippen LogP contribution in [0.1, 0.15) is 8.22 Å². The molecule has 0 aliphatic heterocycles. The van der Waals surface area contributed by atoms with E-state index >= 15 is 0 Å². The molecule has 0 unspecified atom stereocenters. The molecule has 0 radical (unpaired) electrons. The average molecular weight is 579 g/mol. The standard InChI is InChI=1S/C44H28O/c1-3-14-29(15-4-1)32-18-7-8-19-34(32)43-37-22-11-9-20-35(37)42(36-21-10-12-23-38(36)43)31-26-27-40-39(28-31)44-33(24-13-25-41(44)45-40)30-16-5-2-6-17-30/h1-28H/i13D,24D,25D,26D,27D,28D. The summed E-state index contributed by atoms with van der Waals surface area (Å²) in [6.07, 6.45) is 0. The second-order valence-electron chi connectivity index (χ2n) is 11.1. The normalized spacial score (nSPS) is 13.4. The molecule has 0 spiro atoms. The minimum atomic E-state index is -0.298. The number of hydrogen-bond acceptors (Lipinski definition) is 1. The van der Waals surface area contributed by atoms with Gasteiger partial charge >= 0.3 is 0 Å². The summed E-state index contributed by atoms with van der Waals surface area (Å²) in [4.78, 5) is 0. The summed E-state index contributed by atoms with van der Waals surface area (Å²) in [5.74, 6) is 0. The largest absolute Gasteiger partial charge is 0.456 e. The zero-order valence-electron chi connectivity index (χ0n) is 30.1. The Hall–Kier alpha value is -5.92. The van der Waals surface area contributed by atoms with Crippen LogP contribution in [0.3, 0.4) is 0 Å². The van der Waals surface area contributed by atoms with Crippen LogP contribution < -0.4 is 0 Å². The zero-order chi connectivity index (χ0) is 35.0. The molecule has 9 aromatic rings. The molecule has 0 aliphatic rings. The number of rotatable bonds is 4. The predicted octanol–water partition coefficient (Wildman–Crippen LogP) is 12.6. The van der Waals surface area contributed by atoms with Gasteiger partial charge in [-0.25, -0.2) is 0 Å². The molecule has 1 aromatic heterocycles. The first kappa shape index (κ1) is 20.1. The average Bonchev–Trinajstić information content (AvgIpc) is 3.58. The van der Waals surface area contributed by atoms with E-state index in [0.717, 1.165) is 43.8 Å². The van der Waals surface area contributed by atoms with E-state index < -0.39 is 0 Å². The first-order valence-electron chi connectivity index (χ1n) is 18.0. The summed E-state index contributed by atoms with van der Waals surface area (Å²) in [5.41, 5.74) is 6.26. The van der Waals surface area contributed by atoms with Gasteiger partial charge in [-0.3, -0.25) is 0 Å². The van der Waals surface area contributed by atoms with Gasteiger partial charge in [-0.2, -0.15) is 0 Å². The van der Waals surface area contributed by atoms with Crippen molar-refractivity contribution in [2.75, 3.05) is 0 Å². The summed E-state index contributed by atoms with van der Waals surface area (Å²) in [6.45, 7) is 0. The molecule has 0 amide bonds. The highest BCUT2D eigenvalue weighted by Crippen LogP contribution is 2.47. The predicted molar refractivity (Wildman–Crippen MR) is 190 cm³/mol. The molecule has 45 heavy (non-hydrogen) atoms. The lowest BCUT2D eigenvalue weighted by Gasteiger charge is -2.19. The van der Waals surface area contributed by atoms with Crippen molar-refractivity contribution in [2.45, 2.75) is 0 Å². The fourth-order valence-corrected chi connectivity index (χ4v) is 6.66. The Labute approximate surface area is 270 Å². The van der Waals surface area contributed by atoms with Gasteiger partial charge in [0.15, 0.2) is 0 Å². The molecule has 1 heteroatoms. The molecule has 0 saturated carbocycles. The first-order chi connectivity index (χ1) is 24.9. The molecule has 0 N–H and O–H groups in total. The SMILES string of the molecule is [2H]c1c(-c2c3ccccc3c(-c3ccccc3-c3ccccc3)c3ccccc23)c([2H])c2c(oc3c([2H])c([2H])c([2H])c(-c4ccccc4)c32)c1[2H]. The van der Waals surface area contributed by atoms with E-state index in [4.69, 9.17) is 8.53 Å².